The van der Waals surface area contributed by atoms with Crippen LogP contribution in [0.1, 0.15) is 5.69 Å². The Balaban J connectivity index is 1.46. The Kier molecular flexibility index (Phi) is 5.09. The molecule has 0 bridgehead atoms. The van der Waals surface area contributed by atoms with Crippen LogP contribution >= 0.6 is 11.6 Å². The predicted molar refractivity (Wildman–Crippen MR) is 122 cm³/mol. The topological polar surface area (TPSA) is 93.9 Å². The average molecular weight is 465 g/mol. The summed E-state index contributed by atoms with van der Waals surface area (Å²) in [7, 11) is -2.28. The number of halogens is 1. The van der Waals surface area contributed by atoms with E-state index in [1.54, 1.807) is 53.6 Å². The molecule has 160 valence electrons. The number of para-hydroxylation sites is 1. The van der Waals surface area contributed by atoms with Gasteiger partial charge in [-0.1, -0.05) is 35.0 Å². The summed E-state index contributed by atoms with van der Waals surface area (Å²) in [6.07, 6.45) is 4.95. The summed E-state index contributed by atoms with van der Waals surface area (Å²) in [5.74, 6) is 0. The van der Waals surface area contributed by atoms with Gasteiger partial charge in [-0.2, -0.15) is 4.31 Å². The summed E-state index contributed by atoms with van der Waals surface area (Å²) in [6, 6.07) is 16.0. The summed E-state index contributed by atoms with van der Waals surface area (Å²) in [5.41, 5.74) is 2.44. The van der Waals surface area contributed by atoms with Crippen LogP contribution in [0.15, 0.2) is 78.1 Å². The molecule has 0 saturated heterocycles. The zero-order chi connectivity index (χ0) is 22.3. The maximum atomic E-state index is 13.2. The second-order valence-electron chi connectivity index (χ2n) is 7.24. The van der Waals surface area contributed by atoms with E-state index in [2.05, 4.69) is 20.3 Å². The summed E-state index contributed by atoms with van der Waals surface area (Å²) in [6.45, 7) is 0.0560. The zero-order valence-corrected chi connectivity index (χ0v) is 18.5. The van der Waals surface area contributed by atoms with Gasteiger partial charge in [-0.25, -0.2) is 13.1 Å². The molecule has 2 aromatic carbocycles. The van der Waals surface area contributed by atoms with Gasteiger partial charge >= 0.3 is 0 Å². The Morgan fingerprint density at radius 3 is 2.75 bits per heavy atom. The Morgan fingerprint density at radius 1 is 1.03 bits per heavy atom. The van der Waals surface area contributed by atoms with E-state index in [0.717, 1.165) is 22.0 Å². The van der Waals surface area contributed by atoms with Crippen LogP contribution in [0.4, 0.5) is 0 Å². The van der Waals surface area contributed by atoms with Crippen molar-refractivity contribution < 1.29 is 8.42 Å². The van der Waals surface area contributed by atoms with Gasteiger partial charge in [0.25, 0.3) is 0 Å². The number of aromatic nitrogens is 5. The molecule has 0 unspecified atom stereocenters. The van der Waals surface area contributed by atoms with Crippen molar-refractivity contribution in [2.24, 2.45) is 0 Å². The molecule has 0 aliphatic carbocycles. The molecule has 5 aromatic rings. The van der Waals surface area contributed by atoms with Crippen LogP contribution < -0.4 is 0 Å². The van der Waals surface area contributed by atoms with Crippen molar-refractivity contribution in [3.8, 4) is 5.69 Å². The SMILES string of the molecule is CN(Cc1cn(-c2ccnc3cc(Cl)ccc23)nn1)S(=O)(=O)c1cccc2cccnc12. The highest BCUT2D eigenvalue weighted by atomic mass is 35.5. The second kappa shape index (κ2) is 7.94. The molecule has 3 heterocycles. The minimum atomic E-state index is -3.79. The van der Waals surface area contributed by atoms with E-state index >= 15 is 0 Å². The van der Waals surface area contributed by atoms with Crippen LogP contribution in [-0.4, -0.2) is 44.7 Å². The van der Waals surface area contributed by atoms with Crippen molar-refractivity contribution in [1.29, 1.82) is 0 Å². The Morgan fingerprint density at radius 2 is 1.88 bits per heavy atom. The molecule has 0 atom stereocenters. The molecule has 32 heavy (non-hydrogen) atoms. The normalized spacial score (nSPS) is 12.1. The van der Waals surface area contributed by atoms with E-state index in [4.69, 9.17) is 11.6 Å². The third kappa shape index (κ3) is 3.60. The molecule has 0 aliphatic rings. The lowest BCUT2D eigenvalue weighted by Gasteiger charge is -2.16. The lowest BCUT2D eigenvalue weighted by atomic mass is 10.2. The van der Waals surface area contributed by atoms with Crippen LogP contribution in [0.3, 0.4) is 0 Å². The number of hydrogen-bond donors (Lipinski definition) is 0. The molecule has 0 amide bonds. The molecule has 0 radical (unpaired) electrons. The van der Waals surface area contributed by atoms with Gasteiger partial charge in [-0.15, -0.1) is 5.10 Å². The predicted octanol–water partition coefficient (Wildman–Crippen LogP) is 3.84. The third-order valence-electron chi connectivity index (χ3n) is 5.14. The molecule has 0 fully saturated rings. The van der Waals surface area contributed by atoms with Crippen LogP contribution in [0.5, 0.6) is 0 Å². The maximum Gasteiger partial charge on any atom is 0.245 e. The van der Waals surface area contributed by atoms with Crippen LogP contribution in [0.25, 0.3) is 27.5 Å². The fraction of sp³-hybridized carbons (Fsp3) is 0.0909. The van der Waals surface area contributed by atoms with Crippen molar-refractivity contribution in [1.82, 2.24) is 29.3 Å². The molecule has 0 spiro atoms. The molecular formula is C22H17ClN6O2S. The Labute approximate surface area is 189 Å². The molecule has 0 saturated carbocycles. The average Bonchev–Trinajstić information content (AvgIpc) is 3.26. The lowest BCUT2D eigenvalue weighted by molar-refractivity contribution is 0.462. The van der Waals surface area contributed by atoms with Crippen molar-refractivity contribution in [2.75, 3.05) is 7.05 Å². The quantitative estimate of drug-likeness (QED) is 0.392. The van der Waals surface area contributed by atoms with Gasteiger partial charge in [0.15, 0.2) is 0 Å². The second-order valence-corrected chi connectivity index (χ2v) is 9.69. The van der Waals surface area contributed by atoms with Gasteiger partial charge < -0.3 is 0 Å². The van der Waals surface area contributed by atoms with E-state index in [-0.39, 0.29) is 11.4 Å². The Bertz CT molecular complexity index is 1560. The number of hydrogen-bond acceptors (Lipinski definition) is 6. The monoisotopic (exact) mass is 464 g/mol. The molecular weight excluding hydrogens is 448 g/mol. The van der Waals surface area contributed by atoms with E-state index in [0.29, 0.717) is 16.2 Å². The van der Waals surface area contributed by atoms with Gasteiger partial charge in [0.05, 0.1) is 35.2 Å². The fourth-order valence-electron chi connectivity index (χ4n) is 3.56. The fourth-order valence-corrected chi connectivity index (χ4v) is 5.03. The maximum absolute atomic E-state index is 13.2. The van der Waals surface area contributed by atoms with Crippen molar-refractivity contribution in [3.63, 3.8) is 0 Å². The van der Waals surface area contributed by atoms with Crippen LogP contribution in [0.2, 0.25) is 5.02 Å². The van der Waals surface area contributed by atoms with Crippen molar-refractivity contribution in [3.05, 3.63) is 83.9 Å². The molecule has 10 heteroatoms. The van der Waals surface area contributed by atoms with Crippen molar-refractivity contribution in [2.45, 2.75) is 11.4 Å². The van der Waals surface area contributed by atoms with Gasteiger partial charge in [0, 0.05) is 35.2 Å². The lowest BCUT2D eigenvalue weighted by Crippen LogP contribution is -2.27. The number of rotatable bonds is 5. The van der Waals surface area contributed by atoms with Crippen LogP contribution in [0, 0.1) is 0 Å². The molecule has 3 aromatic heterocycles. The molecule has 5 rings (SSSR count). The first-order valence-corrected chi connectivity index (χ1v) is 11.5. The van der Waals surface area contributed by atoms with Gasteiger partial charge in [-0.3, -0.25) is 9.97 Å². The first-order valence-electron chi connectivity index (χ1n) is 9.69. The minimum Gasteiger partial charge on any atom is -0.256 e. The van der Waals surface area contributed by atoms with E-state index < -0.39 is 10.0 Å². The highest BCUT2D eigenvalue weighted by Crippen LogP contribution is 2.25. The summed E-state index contributed by atoms with van der Waals surface area (Å²) >= 11 is 6.07. The summed E-state index contributed by atoms with van der Waals surface area (Å²) < 4.78 is 29.3. The highest BCUT2D eigenvalue weighted by Gasteiger charge is 2.25. The molecule has 0 aliphatic heterocycles. The first kappa shape index (κ1) is 20.5. The van der Waals surface area contributed by atoms with Gasteiger partial charge in [0.1, 0.15) is 4.90 Å². The number of sulfonamides is 1. The Hall–Kier alpha value is -3.40. The van der Waals surface area contributed by atoms with E-state index in [1.165, 1.54) is 11.4 Å². The van der Waals surface area contributed by atoms with E-state index in [9.17, 15) is 8.42 Å². The molecule has 8 nitrogen and oxygen atoms in total. The minimum absolute atomic E-state index is 0.0560. The number of benzene rings is 2. The number of pyridine rings is 2. The molecule has 0 N–H and O–H groups in total. The zero-order valence-electron chi connectivity index (χ0n) is 16.9. The highest BCUT2D eigenvalue weighted by molar-refractivity contribution is 7.89. The van der Waals surface area contributed by atoms with E-state index in [1.807, 2.05) is 24.3 Å². The summed E-state index contributed by atoms with van der Waals surface area (Å²) in [4.78, 5) is 8.75. The smallest absolute Gasteiger partial charge is 0.245 e. The van der Waals surface area contributed by atoms with Crippen LogP contribution in [-0.2, 0) is 16.6 Å². The largest absolute Gasteiger partial charge is 0.256 e. The first-order chi connectivity index (χ1) is 15.4. The van der Waals surface area contributed by atoms with Gasteiger partial charge in [0.2, 0.25) is 10.0 Å². The number of fused-ring (bicyclic) bond motifs is 2. The van der Waals surface area contributed by atoms with Crippen molar-refractivity contribution >= 4 is 43.4 Å². The third-order valence-corrected chi connectivity index (χ3v) is 7.21. The summed E-state index contributed by atoms with van der Waals surface area (Å²) in [5, 5.41) is 10.6. The van der Waals surface area contributed by atoms with Gasteiger partial charge in [-0.05, 0) is 36.4 Å². The standard InChI is InChI=1S/C22H17ClN6O2S/c1-28(32(30,31)21-6-2-4-15-5-3-10-25-22(15)21)13-17-14-29(27-26-17)20-9-11-24-19-12-16(23)7-8-18(19)20/h2-12,14H,13H2,1H3. The number of nitrogens with zero attached hydrogens (tertiary/aromatic N) is 6.